The minimum absolute atomic E-state index is 0.0216. The fourth-order valence-corrected chi connectivity index (χ4v) is 3.58. The maximum Gasteiger partial charge on any atom is 0.275 e. The summed E-state index contributed by atoms with van der Waals surface area (Å²) in [6.45, 7) is 12.9. The van der Waals surface area contributed by atoms with Gasteiger partial charge in [-0.25, -0.2) is 0 Å². The third-order valence-electron chi connectivity index (χ3n) is 4.91. The Morgan fingerprint density at radius 1 is 0.963 bits per heavy atom. The zero-order chi connectivity index (χ0) is 19.9. The zero-order valence-corrected chi connectivity index (χ0v) is 17.2. The van der Waals surface area contributed by atoms with Crippen molar-refractivity contribution in [3.63, 3.8) is 0 Å². The summed E-state index contributed by atoms with van der Waals surface area (Å²) < 4.78 is 0. The summed E-state index contributed by atoms with van der Waals surface area (Å²) in [5, 5.41) is 6.14. The monoisotopic (exact) mass is 376 g/mol. The largest absolute Gasteiger partial charge is 0.347 e. The predicted molar refractivity (Wildman–Crippen MR) is 107 cm³/mol. The molecule has 1 heterocycles. The number of carbonyl (C=O) groups excluding carboxylic acids is 2. The molecule has 0 aromatic heterocycles. The van der Waals surface area contributed by atoms with Crippen LogP contribution in [0.15, 0.2) is 30.3 Å². The fourth-order valence-electron chi connectivity index (χ4n) is 3.58. The Morgan fingerprint density at radius 3 is 2.07 bits per heavy atom. The number of amides is 2. The van der Waals surface area contributed by atoms with Crippen LogP contribution in [0.5, 0.6) is 0 Å². The molecule has 0 spiro atoms. The highest BCUT2D eigenvalue weighted by Gasteiger charge is 2.25. The van der Waals surface area contributed by atoms with Gasteiger partial charge in [-0.15, -0.1) is 0 Å². The van der Waals surface area contributed by atoms with Crippen molar-refractivity contribution in [2.75, 3.05) is 39.3 Å². The van der Waals surface area contributed by atoms with E-state index in [2.05, 4.69) is 10.6 Å². The van der Waals surface area contributed by atoms with Gasteiger partial charge in [0.05, 0.1) is 19.1 Å². The molecule has 2 amide bonds. The van der Waals surface area contributed by atoms with Gasteiger partial charge < -0.3 is 20.4 Å². The standard InChI is InChI=1S/C21H34N4O2/c1-17(18-9-6-5-7-10-18)22-19(26)15-24-11-8-12-25(14-13-24)16-20(27)23-21(2,3)4/h5-7,9-10,17H,8,11-16H2,1-4H3,(H,22,26)(H,23,27)/p+2/t17-/m0/s1. The van der Waals surface area contributed by atoms with Crippen LogP contribution in [-0.4, -0.2) is 56.6 Å². The Labute approximate surface area is 163 Å². The molecule has 0 aliphatic carbocycles. The molecule has 1 aliphatic rings. The van der Waals surface area contributed by atoms with Gasteiger partial charge in [-0.2, -0.15) is 0 Å². The molecule has 2 unspecified atom stereocenters. The highest BCUT2D eigenvalue weighted by Crippen LogP contribution is 2.10. The van der Waals surface area contributed by atoms with Crippen molar-refractivity contribution in [2.24, 2.45) is 0 Å². The summed E-state index contributed by atoms with van der Waals surface area (Å²) in [7, 11) is 0. The average molecular weight is 377 g/mol. The average Bonchev–Trinajstić information content (AvgIpc) is 2.79. The van der Waals surface area contributed by atoms with E-state index in [-0.39, 0.29) is 23.4 Å². The van der Waals surface area contributed by atoms with Crippen molar-refractivity contribution < 1.29 is 19.4 Å². The Bertz CT molecular complexity index is 612. The highest BCUT2D eigenvalue weighted by molar-refractivity contribution is 5.77. The van der Waals surface area contributed by atoms with Crippen molar-refractivity contribution in [2.45, 2.75) is 45.7 Å². The number of nitrogens with one attached hydrogen (secondary N) is 4. The normalized spacial score (nSPS) is 21.8. The van der Waals surface area contributed by atoms with Gasteiger partial charge in [-0.1, -0.05) is 30.3 Å². The van der Waals surface area contributed by atoms with E-state index in [1.807, 2.05) is 58.0 Å². The molecule has 0 radical (unpaired) electrons. The van der Waals surface area contributed by atoms with Crippen LogP contribution in [0.2, 0.25) is 0 Å². The summed E-state index contributed by atoms with van der Waals surface area (Å²) in [4.78, 5) is 27.2. The van der Waals surface area contributed by atoms with Crippen LogP contribution < -0.4 is 20.4 Å². The third-order valence-corrected chi connectivity index (χ3v) is 4.91. The fraction of sp³-hybridized carbons (Fsp3) is 0.619. The van der Waals surface area contributed by atoms with Gasteiger partial charge >= 0.3 is 0 Å². The highest BCUT2D eigenvalue weighted by atomic mass is 16.2. The zero-order valence-electron chi connectivity index (χ0n) is 17.2. The van der Waals surface area contributed by atoms with E-state index in [0.717, 1.165) is 38.2 Å². The minimum atomic E-state index is -0.187. The first-order chi connectivity index (χ1) is 12.7. The molecule has 6 nitrogen and oxygen atoms in total. The molecule has 2 rings (SSSR count). The Kier molecular flexibility index (Phi) is 7.80. The summed E-state index contributed by atoms with van der Waals surface area (Å²) in [5.74, 6) is 0.200. The maximum atomic E-state index is 12.4. The molecule has 150 valence electrons. The maximum absolute atomic E-state index is 12.4. The van der Waals surface area contributed by atoms with E-state index < -0.39 is 0 Å². The lowest BCUT2D eigenvalue weighted by atomic mass is 10.1. The molecule has 0 bridgehead atoms. The number of benzene rings is 1. The number of quaternary nitrogens is 2. The Balaban J connectivity index is 1.75. The van der Waals surface area contributed by atoms with Crippen LogP contribution in [0.1, 0.15) is 45.7 Å². The first-order valence-corrected chi connectivity index (χ1v) is 10.1. The van der Waals surface area contributed by atoms with Gasteiger partial charge in [0.1, 0.15) is 13.1 Å². The molecule has 1 aromatic rings. The van der Waals surface area contributed by atoms with E-state index in [9.17, 15) is 9.59 Å². The SMILES string of the molecule is C[C@H](NC(=O)C[NH+]1CCC[NH+](CC(=O)NC(C)(C)C)CC1)c1ccccc1. The van der Waals surface area contributed by atoms with Crippen molar-refractivity contribution in [3.8, 4) is 0 Å². The van der Waals surface area contributed by atoms with E-state index in [1.54, 1.807) is 0 Å². The first kappa shape index (κ1) is 21.4. The van der Waals surface area contributed by atoms with Crippen LogP contribution >= 0.6 is 0 Å². The van der Waals surface area contributed by atoms with Crippen LogP contribution in [0.25, 0.3) is 0 Å². The Hall–Kier alpha value is -1.92. The summed E-state index contributed by atoms with van der Waals surface area (Å²) in [5.41, 5.74) is 0.935. The van der Waals surface area contributed by atoms with Crippen LogP contribution in [0.3, 0.4) is 0 Å². The van der Waals surface area contributed by atoms with Crippen LogP contribution in [0, 0.1) is 0 Å². The van der Waals surface area contributed by atoms with Crippen molar-refractivity contribution in [1.29, 1.82) is 0 Å². The quantitative estimate of drug-likeness (QED) is 0.512. The van der Waals surface area contributed by atoms with Gasteiger partial charge in [0.15, 0.2) is 13.1 Å². The molecule has 6 heteroatoms. The molecule has 3 atom stereocenters. The third kappa shape index (κ3) is 8.10. The summed E-state index contributed by atoms with van der Waals surface area (Å²) in [6.07, 6.45) is 1.04. The topological polar surface area (TPSA) is 67.1 Å². The van der Waals surface area contributed by atoms with Crippen LogP contribution in [-0.2, 0) is 9.59 Å². The molecule has 27 heavy (non-hydrogen) atoms. The molecule has 1 fully saturated rings. The van der Waals surface area contributed by atoms with Crippen LogP contribution in [0.4, 0.5) is 0 Å². The van der Waals surface area contributed by atoms with Gasteiger partial charge in [-0.05, 0) is 33.3 Å². The predicted octanol–water partition coefficient (Wildman–Crippen LogP) is -1.05. The van der Waals surface area contributed by atoms with Gasteiger partial charge in [0.25, 0.3) is 11.8 Å². The Morgan fingerprint density at radius 2 is 1.52 bits per heavy atom. The number of carbonyl (C=O) groups is 2. The van der Waals surface area contributed by atoms with Crippen molar-refractivity contribution in [3.05, 3.63) is 35.9 Å². The number of hydrogen-bond donors (Lipinski definition) is 4. The second-order valence-corrected chi connectivity index (χ2v) is 8.71. The lowest BCUT2D eigenvalue weighted by Gasteiger charge is -2.22. The smallest absolute Gasteiger partial charge is 0.275 e. The van der Waals surface area contributed by atoms with E-state index in [0.29, 0.717) is 13.1 Å². The number of rotatable bonds is 6. The van der Waals surface area contributed by atoms with E-state index >= 15 is 0 Å². The molecule has 0 saturated carbocycles. The first-order valence-electron chi connectivity index (χ1n) is 10.1. The van der Waals surface area contributed by atoms with Gasteiger partial charge in [-0.3, -0.25) is 9.59 Å². The lowest BCUT2D eigenvalue weighted by Crippen LogP contribution is -3.18. The molecule has 1 saturated heterocycles. The summed E-state index contributed by atoms with van der Waals surface area (Å²) >= 11 is 0. The van der Waals surface area contributed by atoms with E-state index in [1.165, 1.54) is 9.80 Å². The molecule has 4 N–H and O–H groups in total. The molecule has 1 aromatic carbocycles. The van der Waals surface area contributed by atoms with E-state index in [4.69, 9.17) is 0 Å². The molecule has 1 aliphatic heterocycles. The number of hydrogen-bond acceptors (Lipinski definition) is 2. The van der Waals surface area contributed by atoms with Gasteiger partial charge in [0.2, 0.25) is 0 Å². The van der Waals surface area contributed by atoms with Gasteiger partial charge in [0, 0.05) is 12.0 Å². The second-order valence-electron chi connectivity index (χ2n) is 8.71. The molecular weight excluding hydrogens is 340 g/mol. The van der Waals surface area contributed by atoms with Crippen molar-refractivity contribution >= 4 is 11.8 Å². The lowest BCUT2D eigenvalue weighted by molar-refractivity contribution is -0.930. The van der Waals surface area contributed by atoms with Crippen molar-refractivity contribution in [1.82, 2.24) is 10.6 Å². The molecular formula is C21H36N4O2+2. The minimum Gasteiger partial charge on any atom is -0.347 e. The second kappa shape index (κ2) is 9.85. The summed E-state index contributed by atoms with van der Waals surface area (Å²) in [6, 6.07) is 10.1.